The van der Waals surface area contributed by atoms with Crippen molar-refractivity contribution in [1.82, 2.24) is 9.88 Å². The van der Waals surface area contributed by atoms with Gasteiger partial charge in [0, 0.05) is 25.2 Å². The highest BCUT2D eigenvalue weighted by Crippen LogP contribution is 2.11. The predicted molar refractivity (Wildman–Crippen MR) is 67.6 cm³/mol. The topological polar surface area (TPSA) is 93.4 Å². The second-order valence-electron chi connectivity index (χ2n) is 3.80. The van der Waals surface area contributed by atoms with E-state index in [1.54, 1.807) is 12.4 Å². The smallest absolute Gasteiger partial charge is 0.228 e. The van der Waals surface area contributed by atoms with Crippen LogP contribution in [0.15, 0.2) is 5.38 Å². The van der Waals surface area contributed by atoms with Gasteiger partial charge in [0.05, 0.1) is 17.9 Å². The van der Waals surface area contributed by atoms with Crippen molar-refractivity contribution in [2.24, 2.45) is 0 Å². The van der Waals surface area contributed by atoms with E-state index in [4.69, 9.17) is 5.73 Å². The van der Waals surface area contributed by atoms with Crippen LogP contribution in [0.3, 0.4) is 0 Å². The number of nitrogens with two attached hydrogens (primary N) is 1. The Morgan fingerprint density at radius 1 is 1.59 bits per heavy atom. The van der Waals surface area contributed by atoms with Gasteiger partial charge >= 0.3 is 0 Å². The minimum absolute atomic E-state index is 0.0333. The van der Waals surface area contributed by atoms with Crippen molar-refractivity contribution < 1.29 is 13.2 Å². The van der Waals surface area contributed by atoms with Crippen LogP contribution in [-0.2, 0) is 21.1 Å². The molecular formula is C9H15N3O3S2. The van der Waals surface area contributed by atoms with Crippen LogP contribution in [0.25, 0.3) is 0 Å². The fraction of sp³-hybridized carbons (Fsp3) is 0.556. The summed E-state index contributed by atoms with van der Waals surface area (Å²) < 4.78 is 21.9. The van der Waals surface area contributed by atoms with Gasteiger partial charge in [0.25, 0.3) is 0 Å². The number of thiazole rings is 1. The maximum absolute atomic E-state index is 11.7. The van der Waals surface area contributed by atoms with Crippen LogP contribution in [0.2, 0.25) is 0 Å². The lowest BCUT2D eigenvalue weighted by atomic mass is 10.3. The number of aromatic nitrogens is 1. The van der Waals surface area contributed by atoms with E-state index >= 15 is 0 Å². The number of rotatable bonds is 5. The van der Waals surface area contributed by atoms with Gasteiger partial charge in [-0.15, -0.1) is 11.3 Å². The van der Waals surface area contributed by atoms with Crippen LogP contribution in [0, 0.1) is 0 Å². The molecule has 0 aliphatic rings. The average Bonchev–Trinajstić information content (AvgIpc) is 2.59. The molecule has 6 nitrogen and oxygen atoms in total. The van der Waals surface area contributed by atoms with Gasteiger partial charge in [0.15, 0.2) is 5.13 Å². The Hall–Kier alpha value is -1.15. The molecule has 0 bridgehead atoms. The number of likely N-dealkylation sites (N-methyl/N-ethyl adjacent to an activating group) is 1. The Bertz CT molecular complexity index is 495. The lowest BCUT2D eigenvalue weighted by molar-refractivity contribution is -0.128. The number of carbonyl (C=O) groups excluding carboxylic acids is 1. The minimum atomic E-state index is -3.05. The summed E-state index contributed by atoms with van der Waals surface area (Å²) in [5.41, 5.74) is 6.06. The van der Waals surface area contributed by atoms with Crippen molar-refractivity contribution in [3.05, 3.63) is 11.1 Å². The molecule has 0 saturated carbocycles. The number of hydrogen-bond acceptors (Lipinski definition) is 6. The van der Waals surface area contributed by atoms with Gasteiger partial charge < -0.3 is 10.6 Å². The van der Waals surface area contributed by atoms with Crippen molar-refractivity contribution in [2.75, 3.05) is 31.3 Å². The number of carbonyl (C=O) groups is 1. The monoisotopic (exact) mass is 277 g/mol. The number of nitrogen functional groups attached to an aromatic ring is 1. The molecule has 0 aliphatic heterocycles. The Morgan fingerprint density at radius 2 is 2.24 bits per heavy atom. The molecule has 17 heavy (non-hydrogen) atoms. The van der Waals surface area contributed by atoms with Gasteiger partial charge in [-0.25, -0.2) is 13.4 Å². The fourth-order valence-corrected chi connectivity index (χ4v) is 2.29. The molecule has 1 aromatic heterocycles. The van der Waals surface area contributed by atoms with E-state index in [-0.39, 0.29) is 24.6 Å². The van der Waals surface area contributed by atoms with Crippen molar-refractivity contribution in [3.63, 3.8) is 0 Å². The molecule has 2 N–H and O–H groups in total. The summed E-state index contributed by atoms with van der Waals surface area (Å²) in [6.45, 7) is 0.192. The SMILES string of the molecule is CN(CCS(C)(=O)=O)C(=O)Cc1csc(N)n1. The first-order valence-electron chi connectivity index (χ1n) is 4.89. The van der Waals surface area contributed by atoms with E-state index in [1.807, 2.05) is 0 Å². The van der Waals surface area contributed by atoms with Gasteiger partial charge in [-0.1, -0.05) is 0 Å². The van der Waals surface area contributed by atoms with Gasteiger partial charge in [0.2, 0.25) is 5.91 Å². The summed E-state index contributed by atoms with van der Waals surface area (Å²) in [7, 11) is -1.48. The molecular weight excluding hydrogens is 262 g/mol. The molecule has 0 saturated heterocycles. The lowest BCUT2D eigenvalue weighted by Crippen LogP contribution is -2.32. The molecule has 8 heteroatoms. The zero-order valence-corrected chi connectivity index (χ0v) is 11.3. The summed E-state index contributed by atoms with van der Waals surface area (Å²) >= 11 is 1.28. The third-order valence-corrected chi connectivity index (χ3v) is 3.77. The molecule has 1 amide bonds. The number of nitrogens with zero attached hydrogens (tertiary/aromatic N) is 2. The molecule has 0 radical (unpaired) electrons. The number of sulfone groups is 1. The second-order valence-corrected chi connectivity index (χ2v) is 6.95. The van der Waals surface area contributed by atoms with Crippen LogP contribution in [-0.4, -0.2) is 49.8 Å². The summed E-state index contributed by atoms with van der Waals surface area (Å²) in [5, 5.41) is 2.14. The van der Waals surface area contributed by atoms with E-state index < -0.39 is 9.84 Å². The first-order chi connectivity index (χ1) is 7.78. The highest BCUT2D eigenvalue weighted by Gasteiger charge is 2.13. The maximum Gasteiger partial charge on any atom is 0.228 e. The lowest BCUT2D eigenvalue weighted by Gasteiger charge is -2.15. The number of hydrogen-bond donors (Lipinski definition) is 1. The normalized spacial score (nSPS) is 11.4. The molecule has 0 spiro atoms. The Labute approximate surface area is 104 Å². The third kappa shape index (κ3) is 5.14. The third-order valence-electron chi connectivity index (χ3n) is 2.13. The first kappa shape index (κ1) is 13.9. The van der Waals surface area contributed by atoms with Gasteiger partial charge in [-0.05, 0) is 0 Å². The summed E-state index contributed by atoms with van der Waals surface area (Å²) in [5.74, 6) is -0.201. The quantitative estimate of drug-likeness (QED) is 0.802. The van der Waals surface area contributed by atoms with Crippen molar-refractivity contribution >= 4 is 32.2 Å². The van der Waals surface area contributed by atoms with Crippen LogP contribution < -0.4 is 5.73 Å². The number of anilines is 1. The molecule has 0 aliphatic carbocycles. The largest absolute Gasteiger partial charge is 0.375 e. The van der Waals surface area contributed by atoms with E-state index in [2.05, 4.69) is 4.98 Å². The predicted octanol–water partition coefficient (Wildman–Crippen LogP) is -0.229. The zero-order chi connectivity index (χ0) is 13.1. The van der Waals surface area contributed by atoms with Gasteiger partial charge in [-0.3, -0.25) is 4.79 Å². The summed E-state index contributed by atoms with van der Waals surface area (Å²) in [6.07, 6.45) is 1.29. The standard InChI is InChI=1S/C9H15N3O3S2/c1-12(3-4-17(2,14)15)8(13)5-7-6-16-9(10)11-7/h6H,3-5H2,1-2H3,(H2,10,11). The van der Waals surface area contributed by atoms with Crippen molar-refractivity contribution in [3.8, 4) is 0 Å². The Kier molecular flexibility index (Phi) is 4.47. The van der Waals surface area contributed by atoms with Crippen LogP contribution in [0.1, 0.15) is 5.69 Å². The molecule has 0 atom stereocenters. The molecule has 0 fully saturated rings. The average molecular weight is 277 g/mol. The van der Waals surface area contributed by atoms with E-state index in [9.17, 15) is 13.2 Å². The Balaban J connectivity index is 2.47. The van der Waals surface area contributed by atoms with Gasteiger partial charge in [0.1, 0.15) is 9.84 Å². The molecule has 0 unspecified atom stereocenters. The van der Waals surface area contributed by atoms with Crippen molar-refractivity contribution in [2.45, 2.75) is 6.42 Å². The highest BCUT2D eigenvalue weighted by molar-refractivity contribution is 7.90. The molecule has 96 valence electrons. The summed E-state index contributed by atoms with van der Waals surface area (Å²) in [4.78, 5) is 17.1. The van der Waals surface area contributed by atoms with Crippen LogP contribution >= 0.6 is 11.3 Å². The van der Waals surface area contributed by atoms with E-state index in [1.165, 1.54) is 16.2 Å². The zero-order valence-electron chi connectivity index (χ0n) is 9.71. The van der Waals surface area contributed by atoms with Crippen LogP contribution in [0.4, 0.5) is 5.13 Å². The molecule has 1 rings (SSSR count). The van der Waals surface area contributed by atoms with Crippen LogP contribution in [0.5, 0.6) is 0 Å². The fourth-order valence-electron chi connectivity index (χ4n) is 1.12. The molecule has 0 aromatic carbocycles. The Morgan fingerprint density at radius 3 is 2.71 bits per heavy atom. The van der Waals surface area contributed by atoms with E-state index in [0.29, 0.717) is 10.8 Å². The number of amides is 1. The highest BCUT2D eigenvalue weighted by atomic mass is 32.2. The minimum Gasteiger partial charge on any atom is -0.375 e. The van der Waals surface area contributed by atoms with E-state index in [0.717, 1.165) is 6.26 Å². The molecule has 1 aromatic rings. The first-order valence-corrected chi connectivity index (χ1v) is 7.83. The molecule has 1 heterocycles. The van der Waals surface area contributed by atoms with Gasteiger partial charge in [-0.2, -0.15) is 0 Å². The summed E-state index contributed by atoms with van der Waals surface area (Å²) in [6, 6.07) is 0. The maximum atomic E-state index is 11.7. The van der Waals surface area contributed by atoms with Crippen molar-refractivity contribution in [1.29, 1.82) is 0 Å². The second kappa shape index (κ2) is 5.46.